The van der Waals surface area contributed by atoms with E-state index in [9.17, 15) is 13.9 Å². The van der Waals surface area contributed by atoms with Crippen LogP contribution in [0.5, 0.6) is 17.2 Å². The van der Waals surface area contributed by atoms with Gasteiger partial charge < -0.3 is 25.2 Å². The first-order valence-corrected chi connectivity index (χ1v) is 9.00. The lowest BCUT2D eigenvalue weighted by Gasteiger charge is -2.13. The smallest absolute Gasteiger partial charge is 0.191 e. The summed E-state index contributed by atoms with van der Waals surface area (Å²) in [6.45, 7) is 3.62. The second-order valence-corrected chi connectivity index (χ2v) is 5.83. The largest absolute Gasteiger partial charge is 0.504 e. The Morgan fingerprint density at radius 1 is 1.14 bits per heavy atom. The SMILES string of the molecule is CCNC(=NCCc1cccc(OC)c1O)NCCOc1ccc(F)cc1F.I. The number of nitrogens with zero attached hydrogens (tertiary/aromatic N) is 1. The summed E-state index contributed by atoms with van der Waals surface area (Å²) < 4.78 is 36.8. The molecular weight excluding hydrogens is 495 g/mol. The van der Waals surface area contributed by atoms with Crippen molar-refractivity contribution in [2.75, 3.05) is 33.4 Å². The molecular formula is C20H26F2IN3O3. The second-order valence-electron chi connectivity index (χ2n) is 5.83. The Bertz CT molecular complexity index is 807. The summed E-state index contributed by atoms with van der Waals surface area (Å²) in [5.74, 6) is -0.262. The number of phenols is 1. The summed E-state index contributed by atoms with van der Waals surface area (Å²) >= 11 is 0. The fraction of sp³-hybridized carbons (Fsp3) is 0.350. The van der Waals surface area contributed by atoms with E-state index < -0.39 is 11.6 Å². The van der Waals surface area contributed by atoms with Crippen molar-refractivity contribution in [3.8, 4) is 17.2 Å². The van der Waals surface area contributed by atoms with E-state index in [2.05, 4.69) is 15.6 Å². The van der Waals surface area contributed by atoms with Gasteiger partial charge in [0.25, 0.3) is 0 Å². The van der Waals surface area contributed by atoms with Crippen LogP contribution in [0.2, 0.25) is 0 Å². The van der Waals surface area contributed by atoms with Gasteiger partial charge in [-0.1, -0.05) is 12.1 Å². The third kappa shape index (κ3) is 7.92. The molecule has 0 aliphatic carbocycles. The van der Waals surface area contributed by atoms with Crippen molar-refractivity contribution >= 4 is 29.9 Å². The Kier molecular flexibility index (Phi) is 11.1. The maximum absolute atomic E-state index is 13.5. The summed E-state index contributed by atoms with van der Waals surface area (Å²) in [6, 6.07) is 8.50. The normalized spacial score (nSPS) is 10.8. The number of nitrogens with one attached hydrogen (secondary N) is 2. The molecule has 0 radical (unpaired) electrons. The number of aliphatic imine (C=N–C) groups is 1. The van der Waals surface area contributed by atoms with E-state index in [1.807, 2.05) is 19.1 Å². The van der Waals surface area contributed by atoms with Crippen molar-refractivity contribution < 1.29 is 23.4 Å². The van der Waals surface area contributed by atoms with E-state index in [1.165, 1.54) is 13.2 Å². The van der Waals surface area contributed by atoms with Crippen LogP contribution in [0.1, 0.15) is 12.5 Å². The van der Waals surface area contributed by atoms with Gasteiger partial charge in [-0.15, -0.1) is 24.0 Å². The summed E-state index contributed by atoms with van der Waals surface area (Å²) in [4.78, 5) is 4.44. The molecule has 3 N–H and O–H groups in total. The van der Waals surface area contributed by atoms with Gasteiger partial charge in [0, 0.05) is 19.2 Å². The van der Waals surface area contributed by atoms with Crippen LogP contribution in [0.15, 0.2) is 41.4 Å². The molecule has 9 heteroatoms. The number of rotatable bonds is 9. The highest BCUT2D eigenvalue weighted by atomic mass is 127. The van der Waals surface area contributed by atoms with Crippen LogP contribution < -0.4 is 20.1 Å². The van der Waals surface area contributed by atoms with Gasteiger partial charge in [-0.25, -0.2) is 8.78 Å². The molecule has 2 aromatic rings. The maximum Gasteiger partial charge on any atom is 0.191 e. The summed E-state index contributed by atoms with van der Waals surface area (Å²) in [7, 11) is 1.50. The molecule has 160 valence electrons. The molecule has 0 bridgehead atoms. The third-order valence-corrected chi connectivity index (χ3v) is 3.84. The summed E-state index contributed by atoms with van der Waals surface area (Å²) in [5.41, 5.74) is 0.745. The monoisotopic (exact) mass is 521 g/mol. The highest BCUT2D eigenvalue weighted by Crippen LogP contribution is 2.29. The zero-order valence-corrected chi connectivity index (χ0v) is 18.7. The quantitative estimate of drug-likeness (QED) is 0.204. The van der Waals surface area contributed by atoms with Crippen molar-refractivity contribution in [2.45, 2.75) is 13.3 Å². The number of para-hydroxylation sites is 1. The van der Waals surface area contributed by atoms with E-state index in [0.29, 0.717) is 37.8 Å². The van der Waals surface area contributed by atoms with Crippen LogP contribution >= 0.6 is 24.0 Å². The predicted molar refractivity (Wildman–Crippen MR) is 120 cm³/mol. The molecule has 2 rings (SSSR count). The van der Waals surface area contributed by atoms with Crippen LogP contribution in [0.3, 0.4) is 0 Å². The number of ether oxygens (including phenoxy) is 2. The fourth-order valence-electron chi connectivity index (χ4n) is 2.49. The van der Waals surface area contributed by atoms with Gasteiger partial charge >= 0.3 is 0 Å². The minimum atomic E-state index is -0.737. The Balaban J connectivity index is 0.00000420. The lowest BCUT2D eigenvalue weighted by molar-refractivity contribution is 0.304. The summed E-state index contributed by atoms with van der Waals surface area (Å²) in [5, 5.41) is 16.3. The number of hydrogen-bond donors (Lipinski definition) is 3. The van der Waals surface area contributed by atoms with Gasteiger partial charge in [-0.2, -0.15) is 0 Å². The van der Waals surface area contributed by atoms with E-state index in [1.54, 1.807) is 6.07 Å². The van der Waals surface area contributed by atoms with Gasteiger partial charge in [-0.05, 0) is 37.1 Å². The van der Waals surface area contributed by atoms with Crippen LogP contribution in [0.25, 0.3) is 0 Å². The zero-order chi connectivity index (χ0) is 20.4. The van der Waals surface area contributed by atoms with Crippen molar-refractivity contribution in [3.05, 3.63) is 53.6 Å². The standard InChI is InChI=1S/C20H25F2N3O3.HI/c1-3-23-20(24-10-9-14-5-4-6-18(27-2)19(14)26)25-11-12-28-17-8-7-15(21)13-16(17)22;/h4-8,13,26H,3,9-12H2,1-2H3,(H2,23,24,25);1H. The lowest BCUT2D eigenvalue weighted by Crippen LogP contribution is -2.39. The number of phenolic OH excluding ortho intramolecular Hbond substituents is 1. The number of methoxy groups -OCH3 is 1. The first-order chi connectivity index (χ1) is 13.5. The van der Waals surface area contributed by atoms with Crippen molar-refractivity contribution in [3.63, 3.8) is 0 Å². The van der Waals surface area contributed by atoms with Crippen molar-refractivity contribution in [1.29, 1.82) is 0 Å². The van der Waals surface area contributed by atoms with Crippen molar-refractivity contribution in [2.24, 2.45) is 4.99 Å². The minimum Gasteiger partial charge on any atom is -0.504 e. The molecule has 0 saturated heterocycles. The number of halogens is 3. The molecule has 0 amide bonds. The number of benzene rings is 2. The van der Waals surface area contributed by atoms with Crippen LogP contribution in [-0.2, 0) is 6.42 Å². The first-order valence-electron chi connectivity index (χ1n) is 9.00. The predicted octanol–water partition coefficient (Wildman–Crippen LogP) is 3.47. The van der Waals surface area contributed by atoms with Crippen molar-refractivity contribution in [1.82, 2.24) is 10.6 Å². The second kappa shape index (κ2) is 13.0. The highest BCUT2D eigenvalue weighted by molar-refractivity contribution is 14.0. The zero-order valence-electron chi connectivity index (χ0n) is 16.4. The molecule has 0 spiro atoms. The maximum atomic E-state index is 13.5. The molecule has 0 aromatic heterocycles. The van der Waals surface area contributed by atoms with E-state index in [-0.39, 0.29) is 42.1 Å². The topological polar surface area (TPSA) is 75.1 Å². The molecule has 0 aliphatic heterocycles. The van der Waals surface area contributed by atoms with Gasteiger partial charge in [0.1, 0.15) is 12.4 Å². The molecule has 6 nitrogen and oxygen atoms in total. The lowest BCUT2D eigenvalue weighted by atomic mass is 10.1. The van der Waals surface area contributed by atoms with Gasteiger partial charge in [0.2, 0.25) is 0 Å². The highest BCUT2D eigenvalue weighted by Gasteiger charge is 2.07. The molecule has 2 aromatic carbocycles. The molecule has 0 aliphatic rings. The molecule has 0 saturated carbocycles. The van der Waals surface area contributed by atoms with Gasteiger partial charge in [-0.3, -0.25) is 4.99 Å². The fourth-order valence-corrected chi connectivity index (χ4v) is 2.49. The number of aromatic hydroxyl groups is 1. The molecule has 0 heterocycles. The molecule has 0 unspecified atom stereocenters. The third-order valence-electron chi connectivity index (χ3n) is 3.84. The summed E-state index contributed by atoms with van der Waals surface area (Å²) in [6.07, 6.45) is 0.539. The van der Waals surface area contributed by atoms with Crippen LogP contribution in [0.4, 0.5) is 8.78 Å². The Hall–Kier alpha value is -2.30. The van der Waals surface area contributed by atoms with Gasteiger partial charge in [0.15, 0.2) is 29.0 Å². The van der Waals surface area contributed by atoms with E-state index >= 15 is 0 Å². The molecule has 0 fully saturated rings. The number of hydrogen-bond acceptors (Lipinski definition) is 4. The molecule has 0 atom stereocenters. The number of guanidine groups is 1. The van der Waals surface area contributed by atoms with Crippen LogP contribution in [0, 0.1) is 11.6 Å². The Morgan fingerprint density at radius 2 is 1.93 bits per heavy atom. The Morgan fingerprint density at radius 3 is 2.62 bits per heavy atom. The van der Waals surface area contributed by atoms with Crippen LogP contribution in [-0.4, -0.2) is 44.4 Å². The first kappa shape index (κ1) is 24.7. The van der Waals surface area contributed by atoms with E-state index in [0.717, 1.165) is 17.7 Å². The average molecular weight is 521 g/mol. The minimum absolute atomic E-state index is 0. The molecule has 29 heavy (non-hydrogen) atoms. The Labute approximate surface area is 186 Å². The van der Waals surface area contributed by atoms with Gasteiger partial charge in [0.05, 0.1) is 13.7 Å². The average Bonchev–Trinajstić information content (AvgIpc) is 2.67. The van der Waals surface area contributed by atoms with E-state index in [4.69, 9.17) is 9.47 Å².